The molecule has 0 fully saturated rings. The third kappa shape index (κ3) is 4.67. The summed E-state index contributed by atoms with van der Waals surface area (Å²) in [5.74, 6) is 0.928. The molecule has 0 aliphatic carbocycles. The summed E-state index contributed by atoms with van der Waals surface area (Å²) in [6.45, 7) is 4.24. The minimum Gasteiger partial charge on any atom is -0.489 e. The first-order valence-electron chi connectivity index (χ1n) is 8.17. The Kier molecular flexibility index (Phi) is 5.59. The molecule has 0 aliphatic rings. The molecule has 2 aromatic carbocycles. The van der Waals surface area contributed by atoms with Crippen molar-refractivity contribution < 1.29 is 4.74 Å². The van der Waals surface area contributed by atoms with E-state index in [0.29, 0.717) is 6.61 Å². The van der Waals surface area contributed by atoms with Crippen LogP contribution in [-0.2, 0) is 19.7 Å². The highest BCUT2D eigenvalue weighted by molar-refractivity contribution is 5.33. The zero-order valence-corrected chi connectivity index (χ0v) is 13.9. The number of pyridine rings is 1. The third-order valence-corrected chi connectivity index (χ3v) is 3.82. The fraction of sp³-hybridized carbons (Fsp3) is 0.190. The van der Waals surface area contributed by atoms with Crippen LogP contribution in [0.1, 0.15) is 22.3 Å². The van der Waals surface area contributed by atoms with E-state index in [-0.39, 0.29) is 0 Å². The van der Waals surface area contributed by atoms with Crippen LogP contribution in [0.25, 0.3) is 0 Å². The molecule has 24 heavy (non-hydrogen) atoms. The van der Waals surface area contributed by atoms with Gasteiger partial charge in [-0.1, -0.05) is 54.1 Å². The summed E-state index contributed by atoms with van der Waals surface area (Å²) in [6.07, 6.45) is 3.67. The van der Waals surface area contributed by atoms with Gasteiger partial charge < -0.3 is 10.1 Å². The molecule has 0 spiro atoms. The van der Waals surface area contributed by atoms with Crippen molar-refractivity contribution in [3.05, 3.63) is 95.3 Å². The van der Waals surface area contributed by atoms with Crippen LogP contribution in [0, 0.1) is 6.92 Å². The van der Waals surface area contributed by atoms with Gasteiger partial charge in [-0.15, -0.1) is 0 Å². The molecule has 0 saturated carbocycles. The zero-order chi connectivity index (χ0) is 16.6. The van der Waals surface area contributed by atoms with Gasteiger partial charge in [0.2, 0.25) is 0 Å². The van der Waals surface area contributed by atoms with Crippen LogP contribution in [-0.4, -0.2) is 4.98 Å². The van der Waals surface area contributed by atoms with E-state index in [1.807, 2.05) is 30.5 Å². The summed E-state index contributed by atoms with van der Waals surface area (Å²) in [6, 6.07) is 20.6. The predicted octanol–water partition coefficient (Wildman–Crippen LogP) is 4.26. The van der Waals surface area contributed by atoms with Gasteiger partial charge in [-0.25, -0.2) is 0 Å². The maximum atomic E-state index is 6.03. The predicted molar refractivity (Wildman–Crippen MR) is 96.7 cm³/mol. The van der Waals surface area contributed by atoms with Crippen LogP contribution < -0.4 is 10.1 Å². The van der Waals surface area contributed by atoms with Crippen LogP contribution in [0.2, 0.25) is 0 Å². The Balaban J connectivity index is 1.58. The van der Waals surface area contributed by atoms with E-state index >= 15 is 0 Å². The molecule has 3 heteroatoms. The normalized spacial score (nSPS) is 10.5. The van der Waals surface area contributed by atoms with E-state index in [4.69, 9.17) is 4.74 Å². The van der Waals surface area contributed by atoms with Crippen molar-refractivity contribution in [3.63, 3.8) is 0 Å². The van der Waals surface area contributed by atoms with Crippen molar-refractivity contribution in [3.8, 4) is 5.75 Å². The van der Waals surface area contributed by atoms with Gasteiger partial charge in [0, 0.05) is 31.0 Å². The van der Waals surface area contributed by atoms with E-state index < -0.39 is 0 Å². The second kappa shape index (κ2) is 8.27. The number of aryl methyl sites for hydroxylation is 1. The Bertz CT molecular complexity index is 772. The van der Waals surface area contributed by atoms with Crippen molar-refractivity contribution in [1.82, 2.24) is 10.3 Å². The molecule has 122 valence electrons. The molecule has 3 rings (SSSR count). The van der Waals surface area contributed by atoms with Crippen LogP contribution >= 0.6 is 0 Å². The summed E-state index contributed by atoms with van der Waals surface area (Å²) < 4.78 is 6.03. The molecule has 0 aliphatic heterocycles. The van der Waals surface area contributed by atoms with Gasteiger partial charge in [0.05, 0.1) is 0 Å². The average molecular weight is 318 g/mol. The van der Waals surface area contributed by atoms with Gasteiger partial charge in [0.1, 0.15) is 12.4 Å². The first-order valence-corrected chi connectivity index (χ1v) is 8.17. The Hall–Kier alpha value is -2.65. The van der Waals surface area contributed by atoms with E-state index in [9.17, 15) is 0 Å². The number of aromatic nitrogens is 1. The summed E-state index contributed by atoms with van der Waals surface area (Å²) in [5.41, 5.74) is 4.78. The molecule has 0 amide bonds. The number of ether oxygens (including phenoxy) is 1. The fourth-order valence-corrected chi connectivity index (χ4v) is 2.60. The van der Waals surface area contributed by atoms with Gasteiger partial charge in [-0.05, 0) is 30.2 Å². The quantitative estimate of drug-likeness (QED) is 0.707. The molecule has 3 aromatic rings. The first-order chi connectivity index (χ1) is 11.8. The van der Waals surface area contributed by atoms with Gasteiger partial charge in [-0.3, -0.25) is 4.98 Å². The first kappa shape index (κ1) is 16.2. The maximum absolute atomic E-state index is 6.03. The number of hydrogen-bond acceptors (Lipinski definition) is 3. The zero-order valence-electron chi connectivity index (χ0n) is 13.9. The smallest absolute Gasteiger partial charge is 0.124 e. The van der Waals surface area contributed by atoms with Gasteiger partial charge >= 0.3 is 0 Å². The molecule has 1 N–H and O–H groups in total. The summed E-state index contributed by atoms with van der Waals surface area (Å²) in [7, 11) is 0. The Morgan fingerprint density at radius 3 is 2.62 bits per heavy atom. The summed E-state index contributed by atoms with van der Waals surface area (Å²) in [4.78, 5) is 4.13. The number of hydrogen-bond donors (Lipinski definition) is 1. The van der Waals surface area contributed by atoms with Crippen LogP contribution in [0.4, 0.5) is 0 Å². The van der Waals surface area contributed by atoms with E-state index in [2.05, 4.69) is 53.6 Å². The molecule has 3 nitrogen and oxygen atoms in total. The number of nitrogens with one attached hydrogen (secondary N) is 1. The van der Waals surface area contributed by atoms with Crippen molar-refractivity contribution in [2.45, 2.75) is 26.6 Å². The van der Waals surface area contributed by atoms with Crippen molar-refractivity contribution in [2.24, 2.45) is 0 Å². The van der Waals surface area contributed by atoms with Crippen LogP contribution in [0.15, 0.2) is 73.1 Å². The second-order valence-corrected chi connectivity index (χ2v) is 5.85. The minimum absolute atomic E-state index is 0.585. The lowest BCUT2D eigenvalue weighted by Crippen LogP contribution is -2.13. The highest BCUT2D eigenvalue weighted by Gasteiger charge is 2.04. The highest BCUT2D eigenvalue weighted by atomic mass is 16.5. The molecule has 0 bridgehead atoms. The molecular weight excluding hydrogens is 296 g/mol. The lowest BCUT2D eigenvalue weighted by atomic mass is 10.1. The van der Waals surface area contributed by atoms with Gasteiger partial charge in [0.15, 0.2) is 0 Å². The highest BCUT2D eigenvalue weighted by Crippen LogP contribution is 2.19. The summed E-state index contributed by atoms with van der Waals surface area (Å²) in [5, 5.41) is 3.45. The fourth-order valence-electron chi connectivity index (χ4n) is 2.60. The van der Waals surface area contributed by atoms with Crippen molar-refractivity contribution in [2.75, 3.05) is 0 Å². The minimum atomic E-state index is 0.585. The monoisotopic (exact) mass is 318 g/mol. The lowest BCUT2D eigenvalue weighted by molar-refractivity contribution is 0.302. The topological polar surface area (TPSA) is 34.1 Å². The molecule has 0 atom stereocenters. The van der Waals surface area contributed by atoms with Crippen molar-refractivity contribution in [1.29, 1.82) is 0 Å². The van der Waals surface area contributed by atoms with Crippen molar-refractivity contribution >= 4 is 0 Å². The Morgan fingerprint density at radius 2 is 1.79 bits per heavy atom. The maximum Gasteiger partial charge on any atom is 0.124 e. The van der Waals surface area contributed by atoms with Gasteiger partial charge in [-0.2, -0.15) is 0 Å². The van der Waals surface area contributed by atoms with E-state index in [1.165, 1.54) is 16.7 Å². The largest absolute Gasteiger partial charge is 0.489 e. The van der Waals surface area contributed by atoms with Crippen LogP contribution in [0.3, 0.4) is 0 Å². The molecule has 1 heterocycles. The number of benzene rings is 2. The Labute approximate surface area is 143 Å². The SMILES string of the molecule is Cc1cccc(COc2ccccc2CNCc2cccnc2)c1. The standard InChI is InChI=1S/C21H22N2O/c1-17-6-4-7-18(12-17)16-24-21-10-3-2-9-20(21)15-23-14-19-8-5-11-22-13-19/h2-13,23H,14-16H2,1H3. The lowest BCUT2D eigenvalue weighted by Gasteiger charge is -2.12. The average Bonchev–Trinajstić information content (AvgIpc) is 2.62. The third-order valence-electron chi connectivity index (χ3n) is 3.82. The molecule has 1 aromatic heterocycles. The molecule has 0 unspecified atom stereocenters. The van der Waals surface area contributed by atoms with E-state index in [0.717, 1.165) is 24.4 Å². The van der Waals surface area contributed by atoms with Crippen LogP contribution in [0.5, 0.6) is 5.75 Å². The number of nitrogens with zero attached hydrogens (tertiary/aromatic N) is 1. The Morgan fingerprint density at radius 1 is 0.917 bits per heavy atom. The number of para-hydroxylation sites is 1. The van der Waals surface area contributed by atoms with E-state index in [1.54, 1.807) is 6.20 Å². The molecule has 0 saturated heterocycles. The van der Waals surface area contributed by atoms with Gasteiger partial charge in [0.25, 0.3) is 0 Å². The second-order valence-electron chi connectivity index (χ2n) is 5.85. The number of rotatable bonds is 7. The molecular formula is C21H22N2O. The summed E-state index contributed by atoms with van der Waals surface area (Å²) >= 11 is 0. The molecule has 0 radical (unpaired) electrons.